The van der Waals surface area contributed by atoms with E-state index >= 15 is 0 Å². The average Bonchev–Trinajstić information content (AvgIpc) is 2.95. The fourth-order valence-corrected chi connectivity index (χ4v) is 5.95. The molecule has 1 fully saturated rings. The van der Waals surface area contributed by atoms with Crippen molar-refractivity contribution in [3.05, 3.63) is 77.6 Å². The highest BCUT2D eigenvalue weighted by molar-refractivity contribution is 7.90. The molecule has 5 rings (SSSR count). The molecular weight excluding hydrogens is 524 g/mol. The number of fused-ring (bicyclic) bond motifs is 1. The Morgan fingerprint density at radius 1 is 1.10 bits per heavy atom. The third-order valence-corrected chi connectivity index (χ3v) is 8.58. The van der Waals surface area contributed by atoms with Crippen molar-refractivity contribution >= 4 is 32.5 Å². The van der Waals surface area contributed by atoms with Crippen molar-refractivity contribution in [3.63, 3.8) is 0 Å². The first-order chi connectivity index (χ1) is 19.1. The Morgan fingerprint density at radius 3 is 2.67 bits per heavy atom. The maximum atomic E-state index is 12.8. The van der Waals surface area contributed by atoms with Crippen LogP contribution in [0.5, 0.6) is 0 Å². The van der Waals surface area contributed by atoms with Gasteiger partial charge in [-0.1, -0.05) is 19.1 Å². The van der Waals surface area contributed by atoms with E-state index in [2.05, 4.69) is 40.4 Å². The van der Waals surface area contributed by atoms with Gasteiger partial charge in [0.05, 0.1) is 34.0 Å². The molecule has 0 radical (unpaired) electrons. The van der Waals surface area contributed by atoms with Gasteiger partial charge in [-0.05, 0) is 68.3 Å². The van der Waals surface area contributed by atoms with E-state index in [1.807, 2.05) is 30.3 Å². The van der Waals surface area contributed by atoms with Crippen molar-refractivity contribution in [2.75, 3.05) is 24.2 Å². The van der Waals surface area contributed by atoms with Crippen LogP contribution in [0.15, 0.2) is 65.7 Å². The maximum Gasteiger partial charge on any atom is 0.251 e. The van der Waals surface area contributed by atoms with Gasteiger partial charge in [0, 0.05) is 48.6 Å². The van der Waals surface area contributed by atoms with Crippen LogP contribution in [0, 0.1) is 6.92 Å². The molecule has 0 bridgehead atoms. The van der Waals surface area contributed by atoms with Gasteiger partial charge in [0.1, 0.15) is 5.82 Å². The predicted molar refractivity (Wildman–Crippen MR) is 157 cm³/mol. The topological polar surface area (TPSA) is 117 Å². The SMILES string of the molecule is CC[C@@H]1CN(c2cccc(-c3ccc4cnc(CNC(=O)c5ccc(C)c(S(C)(=O)=O)c5)cc4n3)n2)[C@@H](C)CN1. The second kappa shape index (κ2) is 11.3. The van der Waals surface area contributed by atoms with Gasteiger partial charge in [0.15, 0.2) is 9.84 Å². The molecule has 10 heteroatoms. The molecule has 40 heavy (non-hydrogen) atoms. The maximum absolute atomic E-state index is 12.8. The standard InChI is InChI=1S/C30H34N6O3S/c1-5-23-18-36(20(3)15-31-23)29-8-6-7-25(35-29)26-12-11-22-16-32-24(14-27(22)34-26)17-33-30(37)21-10-9-19(2)28(13-21)40(4,38)39/h6-14,16,20,23,31H,5,15,17-18H2,1-4H3,(H,33,37)/t20-,23+/m0/s1. The normalized spacial score (nSPS) is 17.6. The number of anilines is 1. The van der Waals surface area contributed by atoms with Crippen LogP contribution in [-0.4, -0.2) is 60.7 Å². The number of aryl methyl sites for hydroxylation is 1. The zero-order valence-corrected chi connectivity index (χ0v) is 24.0. The lowest BCUT2D eigenvalue weighted by Crippen LogP contribution is -2.55. The largest absolute Gasteiger partial charge is 0.351 e. The summed E-state index contributed by atoms with van der Waals surface area (Å²) >= 11 is 0. The number of amides is 1. The van der Waals surface area contributed by atoms with Gasteiger partial charge < -0.3 is 15.5 Å². The van der Waals surface area contributed by atoms with Gasteiger partial charge in [-0.15, -0.1) is 0 Å². The lowest BCUT2D eigenvalue weighted by molar-refractivity contribution is 0.0950. The van der Waals surface area contributed by atoms with Crippen LogP contribution >= 0.6 is 0 Å². The van der Waals surface area contributed by atoms with E-state index in [1.165, 1.54) is 6.07 Å². The molecule has 0 saturated carbocycles. The Bertz CT molecular complexity index is 1670. The second-order valence-corrected chi connectivity index (χ2v) is 12.4. The zero-order valence-electron chi connectivity index (χ0n) is 23.2. The summed E-state index contributed by atoms with van der Waals surface area (Å²) in [6.45, 7) is 8.12. The van der Waals surface area contributed by atoms with Crippen LogP contribution in [0.2, 0.25) is 0 Å². The number of piperazine rings is 1. The number of hydrogen-bond acceptors (Lipinski definition) is 8. The third-order valence-electron chi connectivity index (χ3n) is 7.35. The summed E-state index contributed by atoms with van der Waals surface area (Å²) in [7, 11) is -3.44. The number of aromatic nitrogens is 3. The number of carbonyl (C=O) groups is 1. The highest BCUT2D eigenvalue weighted by atomic mass is 32.2. The fourth-order valence-electron chi connectivity index (χ4n) is 4.96. The Kier molecular flexibility index (Phi) is 7.82. The van der Waals surface area contributed by atoms with Gasteiger partial charge in [-0.3, -0.25) is 9.78 Å². The van der Waals surface area contributed by atoms with E-state index in [0.717, 1.165) is 53.9 Å². The molecular formula is C30H34N6O3S. The summed E-state index contributed by atoms with van der Waals surface area (Å²) in [6, 6.07) is 17.3. The number of nitrogens with one attached hydrogen (secondary N) is 2. The van der Waals surface area contributed by atoms with E-state index < -0.39 is 9.84 Å². The van der Waals surface area contributed by atoms with E-state index in [9.17, 15) is 13.2 Å². The summed E-state index contributed by atoms with van der Waals surface area (Å²) in [5.74, 6) is 0.571. The van der Waals surface area contributed by atoms with Crippen LogP contribution in [0.1, 0.15) is 41.9 Å². The monoisotopic (exact) mass is 558 g/mol. The number of benzene rings is 1. The zero-order chi connectivity index (χ0) is 28.4. The first-order valence-corrected chi connectivity index (χ1v) is 15.3. The minimum absolute atomic E-state index is 0.148. The molecule has 2 N–H and O–H groups in total. The van der Waals surface area contributed by atoms with E-state index in [4.69, 9.17) is 9.97 Å². The summed E-state index contributed by atoms with van der Waals surface area (Å²) < 4.78 is 24.1. The van der Waals surface area contributed by atoms with E-state index in [1.54, 1.807) is 25.3 Å². The number of sulfone groups is 1. The smallest absolute Gasteiger partial charge is 0.251 e. The van der Waals surface area contributed by atoms with Crippen molar-refractivity contribution in [1.82, 2.24) is 25.6 Å². The quantitative estimate of drug-likeness (QED) is 0.351. The van der Waals surface area contributed by atoms with Crippen LogP contribution in [0.4, 0.5) is 5.82 Å². The Balaban J connectivity index is 1.35. The molecule has 0 unspecified atom stereocenters. The molecule has 0 spiro atoms. The molecule has 1 aromatic carbocycles. The lowest BCUT2D eigenvalue weighted by Gasteiger charge is -2.39. The summed E-state index contributed by atoms with van der Waals surface area (Å²) in [4.78, 5) is 29.6. The highest BCUT2D eigenvalue weighted by Gasteiger charge is 2.25. The number of pyridine rings is 3. The number of hydrogen-bond donors (Lipinski definition) is 2. The first kappa shape index (κ1) is 27.7. The van der Waals surface area contributed by atoms with Gasteiger partial charge >= 0.3 is 0 Å². The van der Waals surface area contributed by atoms with Crippen LogP contribution in [-0.2, 0) is 16.4 Å². The molecule has 1 aliphatic rings. The Hall–Kier alpha value is -3.89. The molecule has 4 aromatic rings. The molecule has 1 saturated heterocycles. The van der Waals surface area contributed by atoms with Gasteiger partial charge in [0.25, 0.3) is 5.91 Å². The fraction of sp³-hybridized carbons (Fsp3) is 0.333. The Labute approximate surface area is 235 Å². The number of rotatable bonds is 7. The molecule has 1 aliphatic heterocycles. The van der Waals surface area contributed by atoms with Crippen molar-refractivity contribution in [1.29, 1.82) is 0 Å². The highest BCUT2D eigenvalue weighted by Crippen LogP contribution is 2.24. The second-order valence-electron chi connectivity index (χ2n) is 10.4. The van der Waals surface area contributed by atoms with Crippen LogP contribution in [0.25, 0.3) is 22.3 Å². The van der Waals surface area contributed by atoms with Crippen molar-refractivity contribution < 1.29 is 13.2 Å². The molecule has 0 aliphatic carbocycles. The van der Waals surface area contributed by atoms with Crippen molar-refractivity contribution in [2.24, 2.45) is 0 Å². The summed E-state index contributed by atoms with van der Waals surface area (Å²) in [6.07, 6.45) is 3.94. The van der Waals surface area contributed by atoms with Crippen molar-refractivity contribution in [2.45, 2.75) is 50.7 Å². The number of carbonyl (C=O) groups excluding carboxylic acids is 1. The first-order valence-electron chi connectivity index (χ1n) is 13.4. The van der Waals surface area contributed by atoms with Crippen LogP contribution < -0.4 is 15.5 Å². The summed E-state index contributed by atoms with van der Waals surface area (Å²) in [5.41, 5.74) is 3.83. The average molecular weight is 559 g/mol. The molecule has 4 heterocycles. The Morgan fingerprint density at radius 2 is 1.90 bits per heavy atom. The van der Waals surface area contributed by atoms with Gasteiger partial charge in [-0.2, -0.15) is 0 Å². The lowest BCUT2D eigenvalue weighted by atomic mass is 10.1. The van der Waals surface area contributed by atoms with E-state index in [0.29, 0.717) is 23.3 Å². The minimum atomic E-state index is -3.44. The minimum Gasteiger partial charge on any atom is -0.351 e. The summed E-state index contributed by atoms with van der Waals surface area (Å²) in [5, 5.41) is 7.30. The predicted octanol–water partition coefficient (Wildman–Crippen LogP) is 3.91. The molecule has 208 valence electrons. The van der Waals surface area contributed by atoms with Gasteiger partial charge in [-0.25, -0.2) is 18.4 Å². The molecule has 1 amide bonds. The van der Waals surface area contributed by atoms with Gasteiger partial charge in [0.2, 0.25) is 0 Å². The number of nitrogens with zero attached hydrogens (tertiary/aromatic N) is 4. The van der Waals surface area contributed by atoms with E-state index in [-0.39, 0.29) is 22.9 Å². The molecule has 9 nitrogen and oxygen atoms in total. The third kappa shape index (κ3) is 5.97. The molecule has 3 aromatic heterocycles. The van der Waals surface area contributed by atoms with Crippen LogP contribution in [0.3, 0.4) is 0 Å². The van der Waals surface area contributed by atoms with Crippen molar-refractivity contribution in [3.8, 4) is 11.4 Å². The molecule has 2 atom stereocenters.